The maximum absolute atomic E-state index is 13.5. The number of pyridine rings is 1. The van der Waals surface area contributed by atoms with Crippen molar-refractivity contribution in [2.75, 3.05) is 5.73 Å². The van der Waals surface area contributed by atoms with Gasteiger partial charge in [0.1, 0.15) is 34.9 Å². The molecular formula is C20H10F4N4O. The summed E-state index contributed by atoms with van der Waals surface area (Å²) in [5.41, 5.74) is 3.88. The number of hydrogen-bond donors (Lipinski definition) is 2. The molecule has 3 rings (SSSR count). The number of alkyl halides is 3. The summed E-state index contributed by atoms with van der Waals surface area (Å²) in [5.74, 6) is -1.59. The summed E-state index contributed by atoms with van der Waals surface area (Å²) in [5, 5.41) is 18.6. The molecule has 0 atom stereocenters. The van der Waals surface area contributed by atoms with Gasteiger partial charge in [-0.05, 0) is 28.8 Å². The molecule has 0 radical (unpaired) electrons. The van der Waals surface area contributed by atoms with Crippen molar-refractivity contribution in [3.8, 4) is 34.4 Å². The van der Waals surface area contributed by atoms with Crippen molar-refractivity contribution in [3.63, 3.8) is 0 Å². The topological polar surface area (TPSA) is 106 Å². The van der Waals surface area contributed by atoms with Crippen LogP contribution in [0.25, 0.3) is 22.3 Å². The van der Waals surface area contributed by atoms with Crippen LogP contribution in [0.4, 0.5) is 23.4 Å². The van der Waals surface area contributed by atoms with Gasteiger partial charge in [-0.2, -0.15) is 23.7 Å². The standard InChI is InChI=1S/C20H10F4N4O/c21-16-6-5-12(7-15(16)20(22,23)24)10-1-3-11(4-2-10)17-13(8-25)18(27)28-19(29)14(17)9-26/h1-7H,(H3,27,28,29). The van der Waals surface area contributed by atoms with Crippen LogP contribution in [-0.2, 0) is 6.18 Å². The highest BCUT2D eigenvalue weighted by atomic mass is 19.4. The third kappa shape index (κ3) is 3.54. The molecule has 0 bridgehead atoms. The van der Waals surface area contributed by atoms with Gasteiger partial charge in [0.05, 0.1) is 5.56 Å². The Morgan fingerprint density at radius 3 is 2.00 bits per heavy atom. The van der Waals surface area contributed by atoms with Gasteiger partial charge in [0, 0.05) is 5.56 Å². The van der Waals surface area contributed by atoms with E-state index in [1.54, 1.807) is 6.07 Å². The van der Waals surface area contributed by atoms with Crippen molar-refractivity contribution in [2.24, 2.45) is 0 Å². The van der Waals surface area contributed by atoms with E-state index in [2.05, 4.69) is 4.98 Å². The maximum atomic E-state index is 13.5. The van der Waals surface area contributed by atoms with Gasteiger partial charge < -0.3 is 10.7 Å². The highest BCUT2D eigenvalue weighted by molar-refractivity contribution is 5.81. The largest absolute Gasteiger partial charge is 0.419 e. The molecule has 0 aliphatic heterocycles. The predicted octanol–water partition coefficient (Wildman–Crippen LogP) is 4.19. The fraction of sp³-hybridized carbons (Fsp3) is 0.0500. The van der Waals surface area contributed by atoms with E-state index in [1.807, 2.05) is 6.07 Å². The molecule has 3 aromatic rings. The number of nitrogens with one attached hydrogen (secondary N) is 1. The summed E-state index contributed by atoms with van der Waals surface area (Å²) in [4.78, 5) is 14.2. The Morgan fingerprint density at radius 1 is 0.897 bits per heavy atom. The minimum atomic E-state index is -4.84. The number of aromatic nitrogens is 1. The SMILES string of the molecule is N#Cc1c(N)[nH]c(=O)c(C#N)c1-c1ccc(-c2ccc(F)c(C(F)(F)F)c2)cc1. The van der Waals surface area contributed by atoms with Crippen LogP contribution in [0.1, 0.15) is 16.7 Å². The number of nitriles is 2. The van der Waals surface area contributed by atoms with Crippen molar-refractivity contribution in [3.05, 3.63) is 75.3 Å². The van der Waals surface area contributed by atoms with Crippen molar-refractivity contribution >= 4 is 5.82 Å². The molecule has 144 valence electrons. The normalized spacial score (nSPS) is 11.0. The lowest BCUT2D eigenvalue weighted by molar-refractivity contribution is -0.139. The third-order valence-corrected chi connectivity index (χ3v) is 4.25. The second-order valence-electron chi connectivity index (χ2n) is 5.99. The van der Waals surface area contributed by atoms with Crippen LogP contribution in [0, 0.1) is 28.5 Å². The predicted molar refractivity (Wildman–Crippen MR) is 96.7 cm³/mol. The highest BCUT2D eigenvalue weighted by Gasteiger charge is 2.34. The fourth-order valence-electron chi connectivity index (χ4n) is 2.88. The molecule has 0 unspecified atom stereocenters. The molecule has 3 N–H and O–H groups in total. The molecule has 0 amide bonds. The number of nitrogens with two attached hydrogens (primary N) is 1. The Hall–Kier alpha value is -4.11. The van der Waals surface area contributed by atoms with E-state index in [0.29, 0.717) is 17.2 Å². The monoisotopic (exact) mass is 398 g/mol. The lowest BCUT2D eigenvalue weighted by Gasteiger charge is -2.12. The van der Waals surface area contributed by atoms with Crippen LogP contribution in [0.3, 0.4) is 0 Å². The number of nitrogen functional groups attached to an aromatic ring is 1. The van der Waals surface area contributed by atoms with Gasteiger partial charge in [-0.1, -0.05) is 30.3 Å². The molecule has 2 aromatic carbocycles. The summed E-state index contributed by atoms with van der Waals surface area (Å²) >= 11 is 0. The molecule has 1 aromatic heterocycles. The number of aromatic amines is 1. The van der Waals surface area contributed by atoms with Crippen LogP contribution >= 0.6 is 0 Å². The zero-order valence-corrected chi connectivity index (χ0v) is 14.4. The number of halogens is 4. The first-order chi connectivity index (χ1) is 13.7. The summed E-state index contributed by atoms with van der Waals surface area (Å²) in [6.07, 6.45) is -4.84. The molecule has 5 nitrogen and oxygen atoms in total. The Labute approximate surface area is 161 Å². The smallest absolute Gasteiger partial charge is 0.384 e. The van der Waals surface area contributed by atoms with Crippen molar-refractivity contribution < 1.29 is 17.6 Å². The third-order valence-electron chi connectivity index (χ3n) is 4.25. The first kappa shape index (κ1) is 19.6. The number of benzene rings is 2. The van der Waals surface area contributed by atoms with Crippen LogP contribution < -0.4 is 11.3 Å². The summed E-state index contributed by atoms with van der Waals surface area (Å²) in [6.45, 7) is 0. The fourth-order valence-corrected chi connectivity index (χ4v) is 2.88. The van der Waals surface area contributed by atoms with Crippen LogP contribution in [-0.4, -0.2) is 4.98 Å². The first-order valence-electron chi connectivity index (χ1n) is 8.01. The molecule has 0 spiro atoms. The van der Waals surface area contributed by atoms with Gasteiger partial charge in [0.25, 0.3) is 5.56 Å². The van der Waals surface area contributed by atoms with Gasteiger partial charge in [-0.25, -0.2) is 4.39 Å². The average Bonchev–Trinajstić information content (AvgIpc) is 2.67. The summed E-state index contributed by atoms with van der Waals surface area (Å²) in [7, 11) is 0. The number of anilines is 1. The molecule has 0 fully saturated rings. The Balaban J connectivity index is 2.14. The van der Waals surface area contributed by atoms with E-state index in [9.17, 15) is 32.9 Å². The van der Waals surface area contributed by atoms with E-state index < -0.39 is 23.1 Å². The lowest BCUT2D eigenvalue weighted by atomic mass is 9.94. The van der Waals surface area contributed by atoms with E-state index >= 15 is 0 Å². The number of rotatable bonds is 2. The minimum Gasteiger partial charge on any atom is -0.384 e. The van der Waals surface area contributed by atoms with Gasteiger partial charge in [0.15, 0.2) is 0 Å². The summed E-state index contributed by atoms with van der Waals surface area (Å²) < 4.78 is 52.3. The van der Waals surface area contributed by atoms with Crippen molar-refractivity contribution in [1.82, 2.24) is 4.98 Å². The van der Waals surface area contributed by atoms with Crippen LogP contribution in [0.2, 0.25) is 0 Å². The Bertz CT molecular complexity index is 1250. The van der Waals surface area contributed by atoms with E-state index in [1.165, 1.54) is 30.3 Å². The zero-order chi connectivity index (χ0) is 21.3. The average molecular weight is 398 g/mol. The lowest BCUT2D eigenvalue weighted by Crippen LogP contribution is -2.16. The second kappa shape index (κ2) is 7.13. The summed E-state index contributed by atoms with van der Waals surface area (Å²) in [6, 6.07) is 11.9. The number of H-pyrrole nitrogens is 1. The molecule has 0 saturated carbocycles. The van der Waals surface area contributed by atoms with Gasteiger partial charge in [-0.15, -0.1) is 0 Å². The number of hydrogen-bond acceptors (Lipinski definition) is 4. The molecule has 9 heteroatoms. The molecule has 1 heterocycles. The number of nitrogens with zero attached hydrogens (tertiary/aromatic N) is 2. The van der Waals surface area contributed by atoms with Crippen LogP contribution in [0.5, 0.6) is 0 Å². The van der Waals surface area contributed by atoms with Crippen LogP contribution in [0.15, 0.2) is 47.3 Å². The second-order valence-corrected chi connectivity index (χ2v) is 5.99. The minimum absolute atomic E-state index is 0.0258. The molecular weight excluding hydrogens is 388 g/mol. The molecule has 0 aliphatic carbocycles. The quantitative estimate of drug-likeness (QED) is 0.631. The van der Waals surface area contributed by atoms with Crippen molar-refractivity contribution in [2.45, 2.75) is 6.18 Å². The first-order valence-corrected chi connectivity index (χ1v) is 8.01. The van der Waals surface area contributed by atoms with E-state index in [4.69, 9.17) is 5.73 Å². The Morgan fingerprint density at radius 2 is 1.45 bits per heavy atom. The van der Waals surface area contributed by atoms with E-state index in [-0.39, 0.29) is 28.1 Å². The van der Waals surface area contributed by atoms with Gasteiger partial charge >= 0.3 is 6.18 Å². The maximum Gasteiger partial charge on any atom is 0.419 e. The van der Waals surface area contributed by atoms with Gasteiger partial charge in [0.2, 0.25) is 0 Å². The van der Waals surface area contributed by atoms with E-state index in [0.717, 1.165) is 6.07 Å². The Kier molecular flexibility index (Phi) is 4.83. The molecule has 0 aliphatic rings. The zero-order valence-electron chi connectivity index (χ0n) is 14.4. The van der Waals surface area contributed by atoms with Gasteiger partial charge in [-0.3, -0.25) is 4.79 Å². The van der Waals surface area contributed by atoms with Crippen molar-refractivity contribution in [1.29, 1.82) is 10.5 Å². The molecule has 0 saturated heterocycles. The highest BCUT2D eigenvalue weighted by Crippen LogP contribution is 2.35. The molecule has 29 heavy (non-hydrogen) atoms.